The van der Waals surface area contributed by atoms with Crippen LogP contribution in [-0.4, -0.2) is 24.7 Å². The summed E-state index contributed by atoms with van der Waals surface area (Å²) in [4.78, 5) is 17.4. The lowest BCUT2D eigenvalue weighted by Gasteiger charge is -2.05. The van der Waals surface area contributed by atoms with Crippen LogP contribution in [0.4, 0.5) is 0 Å². The van der Waals surface area contributed by atoms with Gasteiger partial charge in [-0.05, 0) is 24.6 Å². The van der Waals surface area contributed by atoms with E-state index in [1.54, 1.807) is 7.11 Å². The van der Waals surface area contributed by atoms with E-state index in [-0.39, 0.29) is 5.97 Å². The van der Waals surface area contributed by atoms with E-state index in [0.717, 1.165) is 21.9 Å². The van der Waals surface area contributed by atoms with Gasteiger partial charge in [-0.25, -0.2) is 9.78 Å². The number of hydrogen-bond donors (Lipinski definition) is 0. The van der Waals surface area contributed by atoms with Crippen molar-refractivity contribution in [2.24, 2.45) is 0 Å². The summed E-state index contributed by atoms with van der Waals surface area (Å²) in [7, 11) is 1.64. The molecule has 0 aliphatic rings. The van der Waals surface area contributed by atoms with Crippen molar-refractivity contribution in [3.63, 3.8) is 0 Å². The van der Waals surface area contributed by atoms with E-state index in [0.29, 0.717) is 23.6 Å². The van der Waals surface area contributed by atoms with Crippen molar-refractivity contribution in [3.05, 3.63) is 70.7 Å². The second kappa shape index (κ2) is 7.94. The molecule has 1 heterocycles. The van der Waals surface area contributed by atoms with Crippen LogP contribution in [0, 0.1) is 6.92 Å². The van der Waals surface area contributed by atoms with E-state index in [9.17, 15) is 4.79 Å². The van der Waals surface area contributed by atoms with Crippen molar-refractivity contribution in [1.82, 2.24) is 4.98 Å². The highest BCUT2D eigenvalue weighted by Crippen LogP contribution is 2.28. The highest BCUT2D eigenvalue weighted by atomic mass is 32.1. The summed E-state index contributed by atoms with van der Waals surface area (Å²) < 4.78 is 10.5. The lowest BCUT2D eigenvalue weighted by Crippen LogP contribution is -2.07. The van der Waals surface area contributed by atoms with Gasteiger partial charge in [0.1, 0.15) is 15.6 Å². The van der Waals surface area contributed by atoms with Crippen molar-refractivity contribution < 1.29 is 14.3 Å². The minimum atomic E-state index is -0.314. The maximum Gasteiger partial charge on any atom is 0.350 e. The second-order valence-electron chi connectivity index (χ2n) is 5.53. The average Bonchev–Trinajstić information content (AvgIpc) is 3.05. The number of esters is 1. The fraction of sp³-hybridized carbons (Fsp3) is 0.200. The summed E-state index contributed by atoms with van der Waals surface area (Å²) in [6.45, 7) is 2.17. The first-order chi connectivity index (χ1) is 12.2. The number of aromatic nitrogens is 1. The summed E-state index contributed by atoms with van der Waals surface area (Å²) in [6.07, 6.45) is 0.666. The summed E-state index contributed by atoms with van der Waals surface area (Å²) in [5.74, 6) is 0.500. The highest BCUT2D eigenvalue weighted by molar-refractivity contribution is 7.17. The topological polar surface area (TPSA) is 48.4 Å². The first-order valence-electron chi connectivity index (χ1n) is 8.00. The standard InChI is InChI=1S/C20H19NO3S/c1-14-18(25-19(21-14)16-6-4-3-5-7-16)20(22)24-13-12-15-8-10-17(23-2)11-9-15/h3-11H,12-13H2,1-2H3. The van der Waals surface area contributed by atoms with Gasteiger partial charge in [0.25, 0.3) is 0 Å². The zero-order chi connectivity index (χ0) is 17.6. The van der Waals surface area contributed by atoms with E-state index >= 15 is 0 Å². The minimum Gasteiger partial charge on any atom is -0.497 e. The van der Waals surface area contributed by atoms with Crippen LogP contribution in [-0.2, 0) is 11.2 Å². The summed E-state index contributed by atoms with van der Waals surface area (Å²) in [5.41, 5.74) is 2.81. The molecule has 0 amide bonds. The molecule has 0 aliphatic heterocycles. The molecule has 2 aromatic carbocycles. The van der Waals surface area contributed by atoms with E-state index in [2.05, 4.69) is 4.98 Å². The Labute approximate surface area is 151 Å². The van der Waals surface area contributed by atoms with Gasteiger partial charge in [-0.1, -0.05) is 42.5 Å². The number of hydrogen-bond acceptors (Lipinski definition) is 5. The molecule has 0 radical (unpaired) electrons. The zero-order valence-corrected chi connectivity index (χ0v) is 15.0. The van der Waals surface area contributed by atoms with Crippen molar-refractivity contribution in [3.8, 4) is 16.3 Å². The predicted octanol–water partition coefficient (Wildman–Crippen LogP) is 4.53. The molecule has 128 valence electrons. The Morgan fingerprint density at radius 1 is 1.08 bits per heavy atom. The van der Waals surface area contributed by atoms with Crippen LogP contribution in [0.3, 0.4) is 0 Å². The zero-order valence-electron chi connectivity index (χ0n) is 14.2. The third-order valence-corrected chi connectivity index (χ3v) is 4.97. The van der Waals surface area contributed by atoms with Crippen LogP contribution in [0.2, 0.25) is 0 Å². The van der Waals surface area contributed by atoms with Crippen LogP contribution >= 0.6 is 11.3 Å². The van der Waals surface area contributed by atoms with Crippen LogP contribution in [0.1, 0.15) is 20.9 Å². The third kappa shape index (κ3) is 4.25. The van der Waals surface area contributed by atoms with Crippen molar-refractivity contribution in [2.45, 2.75) is 13.3 Å². The number of methoxy groups -OCH3 is 1. The second-order valence-corrected chi connectivity index (χ2v) is 6.53. The van der Waals surface area contributed by atoms with Gasteiger partial charge in [-0.2, -0.15) is 0 Å². The molecule has 0 fully saturated rings. The predicted molar refractivity (Wildman–Crippen MR) is 99.3 cm³/mol. The van der Waals surface area contributed by atoms with Crippen LogP contribution in [0.15, 0.2) is 54.6 Å². The van der Waals surface area contributed by atoms with E-state index < -0.39 is 0 Å². The molecule has 0 N–H and O–H groups in total. The Bertz CT molecular complexity index is 841. The molecule has 0 atom stereocenters. The number of carbonyl (C=O) groups is 1. The molecule has 1 aromatic heterocycles. The van der Waals surface area contributed by atoms with Gasteiger partial charge >= 0.3 is 5.97 Å². The quantitative estimate of drug-likeness (QED) is 0.611. The van der Waals surface area contributed by atoms with Crippen molar-refractivity contribution in [1.29, 1.82) is 0 Å². The van der Waals surface area contributed by atoms with Crippen molar-refractivity contribution >= 4 is 17.3 Å². The van der Waals surface area contributed by atoms with Crippen LogP contribution in [0.25, 0.3) is 10.6 Å². The molecule has 0 bridgehead atoms. The molecule has 0 unspecified atom stereocenters. The fourth-order valence-electron chi connectivity index (χ4n) is 2.41. The lowest BCUT2D eigenvalue weighted by molar-refractivity contribution is 0.0514. The summed E-state index contributed by atoms with van der Waals surface area (Å²) >= 11 is 1.37. The fourth-order valence-corrected chi connectivity index (χ4v) is 3.37. The van der Waals surface area contributed by atoms with E-state index in [1.165, 1.54) is 11.3 Å². The maximum absolute atomic E-state index is 12.3. The molecule has 3 rings (SSSR count). The molecule has 4 nitrogen and oxygen atoms in total. The monoisotopic (exact) mass is 353 g/mol. The van der Waals surface area contributed by atoms with E-state index in [4.69, 9.17) is 9.47 Å². The van der Waals surface area contributed by atoms with Gasteiger partial charge in [0, 0.05) is 12.0 Å². The number of rotatable bonds is 6. The van der Waals surface area contributed by atoms with Crippen molar-refractivity contribution in [2.75, 3.05) is 13.7 Å². The SMILES string of the molecule is COc1ccc(CCOC(=O)c2sc(-c3ccccc3)nc2C)cc1. The van der Waals surface area contributed by atoms with Gasteiger partial charge in [0.2, 0.25) is 0 Å². The van der Waals surface area contributed by atoms with E-state index in [1.807, 2.05) is 61.5 Å². The molecule has 3 aromatic rings. The first-order valence-corrected chi connectivity index (χ1v) is 8.82. The smallest absolute Gasteiger partial charge is 0.350 e. The van der Waals surface area contributed by atoms with Gasteiger partial charge < -0.3 is 9.47 Å². The molecule has 0 spiro atoms. The molecule has 5 heteroatoms. The van der Waals surface area contributed by atoms with Gasteiger partial charge in [0.15, 0.2) is 0 Å². The Kier molecular flexibility index (Phi) is 5.46. The average molecular weight is 353 g/mol. The third-order valence-electron chi connectivity index (χ3n) is 3.79. The summed E-state index contributed by atoms with van der Waals surface area (Å²) in [6, 6.07) is 17.6. The molecule has 0 saturated carbocycles. The Morgan fingerprint density at radius 3 is 2.48 bits per heavy atom. The number of ether oxygens (including phenoxy) is 2. The molecule has 0 saturated heterocycles. The number of thiazole rings is 1. The van der Waals surface area contributed by atoms with Gasteiger partial charge in [0.05, 0.1) is 19.4 Å². The van der Waals surface area contributed by atoms with Gasteiger partial charge in [-0.3, -0.25) is 0 Å². The molecule has 25 heavy (non-hydrogen) atoms. The molecule has 0 aliphatic carbocycles. The van der Waals surface area contributed by atoms with Crippen LogP contribution < -0.4 is 4.74 Å². The summed E-state index contributed by atoms with van der Waals surface area (Å²) in [5, 5.41) is 0.834. The number of carbonyl (C=O) groups excluding carboxylic acids is 1. The Hall–Kier alpha value is -2.66. The Balaban J connectivity index is 1.60. The molecular formula is C20H19NO3S. The minimum absolute atomic E-state index is 0.314. The molecular weight excluding hydrogens is 334 g/mol. The van der Waals surface area contributed by atoms with Crippen LogP contribution in [0.5, 0.6) is 5.75 Å². The largest absolute Gasteiger partial charge is 0.497 e. The lowest BCUT2D eigenvalue weighted by atomic mass is 10.1. The number of benzene rings is 2. The normalized spacial score (nSPS) is 10.5. The number of nitrogens with zero attached hydrogens (tertiary/aromatic N) is 1. The number of aryl methyl sites for hydroxylation is 1. The first kappa shape index (κ1) is 17.2. The highest BCUT2D eigenvalue weighted by Gasteiger charge is 2.17. The Morgan fingerprint density at radius 2 is 1.80 bits per heavy atom. The maximum atomic E-state index is 12.3. The van der Waals surface area contributed by atoms with Gasteiger partial charge in [-0.15, -0.1) is 11.3 Å².